The first-order valence-electron chi connectivity index (χ1n) is 7.64. The van der Waals surface area contributed by atoms with Crippen LogP contribution < -0.4 is 4.90 Å². The normalized spacial score (nSPS) is 14.7. The highest BCUT2D eigenvalue weighted by Gasteiger charge is 2.21. The first-order chi connectivity index (χ1) is 11.3. The molecule has 0 unspecified atom stereocenters. The van der Waals surface area contributed by atoms with Gasteiger partial charge in [-0.15, -0.1) is 10.2 Å². The Balaban J connectivity index is 1.97. The number of ether oxygens (including phenoxy) is 1. The molecule has 0 saturated carbocycles. The quantitative estimate of drug-likeness (QED) is 0.620. The van der Waals surface area contributed by atoms with Crippen LogP contribution in [-0.4, -0.2) is 46.8 Å². The summed E-state index contributed by atoms with van der Waals surface area (Å²) in [6, 6.07) is 10.5. The summed E-state index contributed by atoms with van der Waals surface area (Å²) in [5.74, 6) is 1.56. The van der Waals surface area contributed by atoms with Gasteiger partial charge >= 0.3 is 0 Å². The van der Waals surface area contributed by atoms with Crippen LogP contribution in [0.1, 0.15) is 12.0 Å². The van der Waals surface area contributed by atoms with Gasteiger partial charge < -0.3 is 9.64 Å². The van der Waals surface area contributed by atoms with Crippen LogP contribution in [0.3, 0.4) is 0 Å². The largest absolute Gasteiger partial charge is 0.378 e. The summed E-state index contributed by atoms with van der Waals surface area (Å²) >= 11 is 1.57. The minimum Gasteiger partial charge on any atom is -0.378 e. The van der Waals surface area contributed by atoms with Crippen molar-refractivity contribution in [3.05, 3.63) is 29.8 Å². The zero-order valence-corrected chi connectivity index (χ0v) is 13.9. The molecule has 0 radical (unpaired) electrons. The Labute approximate surface area is 140 Å². The lowest BCUT2D eigenvalue weighted by Gasteiger charge is -2.28. The number of aromatic nitrogens is 3. The third-order valence-electron chi connectivity index (χ3n) is 3.62. The molecule has 120 valence electrons. The summed E-state index contributed by atoms with van der Waals surface area (Å²) in [5.41, 5.74) is 2.24. The second kappa shape index (κ2) is 7.49. The Hall–Kier alpha value is -2.04. The lowest BCUT2D eigenvalue weighted by Crippen LogP contribution is -2.37. The van der Waals surface area contributed by atoms with Crippen LogP contribution in [0.5, 0.6) is 0 Å². The maximum Gasteiger partial charge on any atom is 0.232 e. The smallest absolute Gasteiger partial charge is 0.232 e. The van der Waals surface area contributed by atoms with Crippen molar-refractivity contribution in [3.63, 3.8) is 0 Å². The highest BCUT2D eigenvalue weighted by molar-refractivity contribution is 7.99. The van der Waals surface area contributed by atoms with E-state index in [4.69, 9.17) is 10.00 Å². The molecule has 0 bridgehead atoms. The van der Waals surface area contributed by atoms with E-state index in [1.165, 1.54) is 5.56 Å². The van der Waals surface area contributed by atoms with Gasteiger partial charge in [-0.25, -0.2) is 0 Å². The Kier molecular flexibility index (Phi) is 5.16. The van der Waals surface area contributed by atoms with E-state index in [0.717, 1.165) is 29.9 Å². The van der Waals surface area contributed by atoms with E-state index < -0.39 is 0 Å². The number of morpholine rings is 1. The number of anilines is 1. The summed E-state index contributed by atoms with van der Waals surface area (Å²) in [5, 5.41) is 18.3. The standard InChI is InChI=1S/C16H19N5OS/c1-13-4-2-5-14(12-13)21-15(20-7-9-22-10-8-20)18-19-16(21)23-11-3-6-17/h2,4-5,12H,3,7-11H2,1H3. The first-order valence-corrected chi connectivity index (χ1v) is 8.63. The SMILES string of the molecule is Cc1cccc(-n2c(SCCC#N)nnc2N2CCOCC2)c1. The third kappa shape index (κ3) is 3.66. The molecule has 1 aromatic carbocycles. The Bertz CT molecular complexity index is 703. The van der Waals surface area contributed by atoms with E-state index >= 15 is 0 Å². The lowest BCUT2D eigenvalue weighted by molar-refractivity contribution is 0.122. The van der Waals surface area contributed by atoms with Gasteiger partial charge in [-0.1, -0.05) is 23.9 Å². The summed E-state index contributed by atoms with van der Waals surface area (Å²) in [4.78, 5) is 2.20. The number of aryl methyl sites for hydroxylation is 1. The van der Waals surface area contributed by atoms with Crippen molar-refractivity contribution in [1.82, 2.24) is 14.8 Å². The zero-order valence-electron chi connectivity index (χ0n) is 13.1. The van der Waals surface area contributed by atoms with Crippen LogP contribution in [-0.2, 0) is 4.74 Å². The van der Waals surface area contributed by atoms with Crippen LogP contribution in [0.25, 0.3) is 5.69 Å². The second-order valence-corrected chi connectivity index (χ2v) is 6.38. The fraction of sp³-hybridized carbons (Fsp3) is 0.438. The van der Waals surface area contributed by atoms with Crippen LogP contribution in [0, 0.1) is 18.3 Å². The molecule has 1 aliphatic heterocycles. The fourth-order valence-corrected chi connectivity index (χ4v) is 3.30. The lowest BCUT2D eigenvalue weighted by atomic mass is 10.2. The predicted molar refractivity (Wildman–Crippen MR) is 90.1 cm³/mol. The number of benzene rings is 1. The van der Waals surface area contributed by atoms with Gasteiger partial charge in [-0.05, 0) is 24.6 Å². The van der Waals surface area contributed by atoms with Gasteiger partial charge in [-0.2, -0.15) is 5.26 Å². The summed E-state index contributed by atoms with van der Waals surface area (Å²) < 4.78 is 7.52. The average molecular weight is 329 g/mol. The Morgan fingerprint density at radius 3 is 2.87 bits per heavy atom. The van der Waals surface area contributed by atoms with Crippen LogP contribution in [0.2, 0.25) is 0 Å². The molecule has 6 nitrogen and oxygen atoms in total. The molecule has 1 saturated heterocycles. The van der Waals surface area contributed by atoms with Crippen molar-refractivity contribution in [2.75, 3.05) is 37.0 Å². The number of thioether (sulfide) groups is 1. The second-order valence-electron chi connectivity index (χ2n) is 5.31. The van der Waals surface area contributed by atoms with E-state index in [0.29, 0.717) is 25.4 Å². The molecule has 0 aliphatic carbocycles. The van der Waals surface area contributed by atoms with Gasteiger partial charge in [0.25, 0.3) is 0 Å². The molecule has 7 heteroatoms. The molecule has 0 atom stereocenters. The van der Waals surface area contributed by atoms with Crippen LogP contribution in [0.15, 0.2) is 29.4 Å². The van der Waals surface area contributed by atoms with Gasteiger partial charge in [0.15, 0.2) is 5.16 Å². The Morgan fingerprint density at radius 2 is 2.13 bits per heavy atom. The zero-order chi connectivity index (χ0) is 16.1. The third-order valence-corrected chi connectivity index (χ3v) is 4.55. The molecule has 0 spiro atoms. The van der Waals surface area contributed by atoms with E-state index in [9.17, 15) is 0 Å². The molecule has 2 heterocycles. The molecule has 3 rings (SSSR count). The van der Waals surface area contributed by atoms with Crippen molar-refractivity contribution < 1.29 is 4.74 Å². The maximum atomic E-state index is 8.75. The monoisotopic (exact) mass is 329 g/mol. The van der Waals surface area contributed by atoms with E-state index in [1.54, 1.807) is 11.8 Å². The van der Waals surface area contributed by atoms with E-state index in [2.05, 4.69) is 50.9 Å². The van der Waals surface area contributed by atoms with Crippen molar-refractivity contribution in [1.29, 1.82) is 5.26 Å². The topological polar surface area (TPSA) is 67.0 Å². The minimum atomic E-state index is 0.498. The van der Waals surface area contributed by atoms with Crippen molar-refractivity contribution in [3.8, 4) is 11.8 Å². The molecule has 1 fully saturated rings. The average Bonchev–Trinajstić information content (AvgIpc) is 3.00. The highest BCUT2D eigenvalue weighted by atomic mass is 32.2. The molecular weight excluding hydrogens is 310 g/mol. The molecule has 1 aromatic heterocycles. The highest BCUT2D eigenvalue weighted by Crippen LogP contribution is 2.27. The number of hydrogen-bond donors (Lipinski definition) is 0. The molecule has 1 aliphatic rings. The van der Waals surface area contributed by atoms with Gasteiger partial charge in [-0.3, -0.25) is 4.57 Å². The van der Waals surface area contributed by atoms with Gasteiger partial charge in [0, 0.05) is 25.3 Å². The van der Waals surface area contributed by atoms with Gasteiger partial charge in [0.1, 0.15) is 0 Å². The maximum absolute atomic E-state index is 8.75. The van der Waals surface area contributed by atoms with Gasteiger partial charge in [0.05, 0.1) is 25.0 Å². The first kappa shape index (κ1) is 15.8. The fourth-order valence-electron chi connectivity index (χ4n) is 2.50. The van der Waals surface area contributed by atoms with E-state index in [-0.39, 0.29) is 0 Å². The predicted octanol–water partition coefficient (Wildman–Crippen LogP) is 2.42. The Morgan fingerprint density at radius 1 is 1.30 bits per heavy atom. The summed E-state index contributed by atoms with van der Waals surface area (Å²) in [6.45, 7) is 5.11. The number of nitrogens with zero attached hydrogens (tertiary/aromatic N) is 5. The van der Waals surface area contributed by atoms with Crippen molar-refractivity contribution in [2.24, 2.45) is 0 Å². The summed E-state index contributed by atoms with van der Waals surface area (Å²) in [7, 11) is 0. The summed E-state index contributed by atoms with van der Waals surface area (Å²) in [6.07, 6.45) is 0.498. The molecule has 0 amide bonds. The van der Waals surface area contributed by atoms with Gasteiger partial charge in [0.2, 0.25) is 5.95 Å². The molecule has 23 heavy (non-hydrogen) atoms. The van der Waals surface area contributed by atoms with Crippen LogP contribution >= 0.6 is 11.8 Å². The number of rotatable bonds is 5. The molecular formula is C16H19N5OS. The molecule has 0 N–H and O–H groups in total. The van der Waals surface area contributed by atoms with Crippen LogP contribution in [0.4, 0.5) is 5.95 Å². The van der Waals surface area contributed by atoms with Crippen molar-refractivity contribution >= 4 is 17.7 Å². The molecule has 2 aromatic rings. The minimum absolute atomic E-state index is 0.498. The number of hydrogen-bond acceptors (Lipinski definition) is 6. The van der Waals surface area contributed by atoms with Crippen molar-refractivity contribution in [2.45, 2.75) is 18.5 Å². The number of nitriles is 1. The van der Waals surface area contributed by atoms with E-state index in [1.807, 2.05) is 6.07 Å².